The number of H-pyrrole nitrogens is 1. The molecule has 134 valence electrons. The summed E-state index contributed by atoms with van der Waals surface area (Å²) < 4.78 is 15.7. The van der Waals surface area contributed by atoms with Gasteiger partial charge in [0.1, 0.15) is 11.6 Å². The van der Waals surface area contributed by atoms with Crippen LogP contribution in [0.4, 0.5) is 10.2 Å². The Bertz CT molecular complexity index is 1030. The minimum absolute atomic E-state index is 0.181. The lowest BCUT2D eigenvalue weighted by Crippen LogP contribution is -2.35. The molecule has 0 saturated carbocycles. The van der Waals surface area contributed by atoms with Crippen LogP contribution in [0.1, 0.15) is 38.7 Å². The third-order valence-electron chi connectivity index (χ3n) is 4.90. The summed E-state index contributed by atoms with van der Waals surface area (Å²) in [5.41, 5.74) is 3.40. The molecule has 0 unspecified atom stereocenters. The molecule has 0 fully saturated rings. The zero-order chi connectivity index (χ0) is 18.1. The Labute approximate surface area is 152 Å². The topological polar surface area (TPSA) is 46.0 Å². The van der Waals surface area contributed by atoms with E-state index >= 15 is 0 Å². The van der Waals surface area contributed by atoms with E-state index in [-0.39, 0.29) is 5.83 Å². The smallest absolute Gasteiger partial charge is 0.137 e. The average molecular weight is 350 g/mol. The first-order valence-corrected chi connectivity index (χ1v) is 9.15. The van der Waals surface area contributed by atoms with Crippen molar-refractivity contribution in [1.82, 2.24) is 14.5 Å². The number of aryl methyl sites for hydroxylation is 1. The summed E-state index contributed by atoms with van der Waals surface area (Å²) in [6.07, 6.45) is 13.2. The van der Waals surface area contributed by atoms with Gasteiger partial charge in [-0.25, -0.2) is 14.4 Å². The molecule has 1 aliphatic heterocycles. The van der Waals surface area contributed by atoms with Crippen LogP contribution < -0.4 is 10.7 Å². The number of allylic oxidation sites excluding steroid dienone is 4. The van der Waals surface area contributed by atoms with Crippen molar-refractivity contribution in [3.8, 4) is 0 Å². The number of aromatic nitrogens is 3. The van der Waals surface area contributed by atoms with Crippen molar-refractivity contribution in [3.63, 3.8) is 0 Å². The lowest BCUT2D eigenvalue weighted by molar-refractivity contribution is 0.510. The van der Waals surface area contributed by atoms with Crippen LogP contribution in [-0.2, 0) is 6.54 Å². The molecule has 0 saturated heterocycles. The number of aliphatic imine (C=N–C) groups is 1. The van der Waals surface area contributed by atoms with Gasteiger partial charge in [0, 0.05) is 30.9 Å². The fourth-order valence-electron chi connectivity index (χ4n) is 3.47. The highest BCUT2D eigenvalue weighted by atomic mass is 19.1. The van der Waals surface area contributed by atoms with Gasteiger partial charge in [-0.05, 0) is 48.1 Å². The van der Waals surface area contributed by atoms with E-state index < -0.39 is 0 Å². The maximum atomic E-state index is 13.4. The predicted octanol–water partition coefficient (Wildman–Crippen LogP) is 3.53. The van der Waals surface area contributed by atoms with Crippen molar-refractivity contribution in [2.24, 2.45) is 10.9 Å². The van der Waals surface area contributed by atoms with Crippen LogP contribution in [0.25, 0.3) is 11.1 Å². The van der Waals surface area contributed by atoms with E-state index in [1.165, 1.54) is 11.6 Å². The Morgan fingerprint density at radius 1 is 1.27 bits per heavy atom. The molecule has 0 bridgehead atoms. The van der Waals surface area contributed by atoms with Crippen molar-refractivity contribution in [1.29, 1.82) is 0 Å². The van der Waals surface area contributed by atoms with Crippen molar-refractivity contribution < 1.29 is 4.39 Å². The van der Waals surface area contributed by atoms with Crippen LogP contribution in [0.15, 0.2) is 47.6 Å². The number of hydrogen-bond acceptors (Lipinski definition) is 2. The Hall–Kier alpha value is -2.69. The molecule has 1 aliphatic carbocycles. The van der Waals surface area contributed by atoms with Crippen LogP contribution in [0.5, 0.6) is 0 Å². The summed E-state index contributed by atoms with van der Waals surface area (Å²) in [6.45, 7) is 5.38. The number of nitrogens with zero attached hydrogens (tertiary/aromatic N) is 3. The third-order valence-corrected chi connectivity index (χ3v) is 4.90. The summed E-state index contributed by atoms with van der Waals surface area (Å²) >= 11 is 0. The van der Waals surface area contributed by atoms with E-state index in [2.05, 4.69) is 34.5 Å². The Kier molecular flexibility index (Phi) is 4.45. The van der Waals surface area contributed by atoms with Gasteiger partial charge in [-0.1, -0.05) is 19.9 Å². The molecule has 0 aromatic carbocycles. The molecule has 2 aromatic rings. The SMILES string of the molecule is CC(C)CCn1cnc(=C2C=CC(F)=CC2)c1=C1CC=Nc2[nH]ccc21. The number of hydrogen-bond donors (Lipinski definition) is 1. The van der Waals surface area contributed by atoms with Gasteiger partial charge in [0.25, 0.3) is 0 Å². The van der Waals surface area contributed by atoms with Crippen molar-refractivity contribution in [3.05, 3.63) is 58.9 Å². The summed E-state index contributed by atoms with van der Waals surface area (Å²) in [7, 11) is 0. The first kappa shape index (κ1) is 16.8. The van der Waals surface area contributed by atoms with Crippen LogP contribution in [0.2, 0.25) is 0 Å². The maximum Gasteiger partial charge on any atom is 0.137 e. The summed E-state index contributed by atoms with van der Waals surface area (Å²) in [5.74, 6) is 1.33. The fourth-order valence-corrected chi connectivity index (χ4v) is 3.47. The molecule has 3 heterocycles. The Morgan fingerprint density at radius 2 is 2.15 bits per heavy atom. The van der Waals surface area contributed by atoms with Crippen molar-refractivity contribution in [2.75, 3.05) is 0 Å². The molecular formula is C21H23FN4. The van der Waals surface area contributed by atoms with Gasteiger partial charge in [0.2, 0.25) is 0 Å². The number of aromatic amines is 1. The molecular weight excluding hydrogens is 327 g/mol. The Balaban J connectivity index is 1.97. The quantitative estimate of drug-likeness (QED) is 0.904. The molecule has 2 aromatic heterocycles. The molecule has 0 atom stereocenters. The average Bonchev–Trinajstić information content (AvgIpc) is 3.27. The molecule has 0 radical (unpaired) electrons. The lowest BCUT2D eigenvalue weighted by atomic mass is 10.0. The van der Waals surface area contributed by atoms with Crippen molar-refractivity contribution in [2.45, 2.75) is 39.7 Å². The van der Waals surface area contributed by atoms with Gasteiger partial charge in [0.05, 0.1) is 17.0 Å². The molecule has 1 N–H and O–H groups in total. The van der Waals surface area contributed by atoms with Gasteiger partial charge in [0.15, 0.2) is 0 Å². The van der Waals surface area contributed by atoms with Crippen LogP contribution in [0.3, 0.4) is 0 Å². The lowest BCUT2D eigenvalue weighted by Gasteiger charge is -2.12. The second-order valence-electron chi connectivity index (χ2n) is 7.20. The van der Waals surface area contributed by atoms with Gasteiger partial charge in [-0.3, -0.25) is 0 Å². The second kappa shape index (κ2) is 6.90. The number of fused-ring (bicyclic) bond motifs is 1. The molecule has 4 nitrogen and oxygen atoms in total. The van der Waals surface area contributed by atoms with Crippen LogP contribution >= 0.6 is 0 Å². The number of nitrogens with one attached hydrogen (secondary N) is 1. The minimum atomic E-state index is -0.181. The van der Waals surface area contributed by atoms with E-state index in [9.17, 15) is 4.39 Å². The zero-order valence-corrected chi connectivity index (χ0v) is 15.2. The minimum Gasteiger partial charge on any atom is -0.346 e. The van der Waals surface area contributed by atoms with E-state index in [4.69, 9.17) is 4.98 Å². The first-order chi connectivity index (χ1) is 12.6. The molecule has 2 aliphatic rings. The maximum absolute atomic E-state index is 13.4. The first-order valence-electron chi connectivity index (χ1n) is 9.15. The summed E-state index contributed by atoms with van der Waals surface area (Å²) in [5, 5.41) is 2.08. The van der Waals surface area contributed by atoms with Gasteiger partial charge >= 0.3 is 0 Å². The summed E-state index contributed by atoms with van der Waals surface area (Å²) in [6, 6.07) is 2.08. The van der Waals surface area contributed by atoms with Gasteiger partial charge in [-0.2, -0.15) is 0 Å². The van der Waals surface area contributed by atoms with E-state index in [1.54, 1.807) is 6.08 Å². The van der Waals surface area contributed by atoms with Gasteiger partial charge < -0.3 is 9.55 Å². The number of rotatable bonds is 3. The molecule has 0 spiro atoms. The highest BCUT2D eigenvalue weighted by Crippen LogP contribution is 2.28. The van der Waals surface area contributed by atoms with E-state index in [0.29, 0.717) is 12.3 Å². The third kappa shape index (κ3) is 3.09. The molecule has 4 rings (SSSR count). The van der Waals surface area contributed by atoms with Crippen LogP contribution in [0, 0.1) is 5.92 Å². The largest absolute Gasteiger partial charge is 0.346 e. The monoisotopic (exact) mass is 350 g/mol. The molecule has 5 heteroatoms. The summed E-state index contributed by atoms with van der Waals surface area (Å²) in [4.78, 5) is 12.4. The second-order valence-corrected chi connectivity index (χ2v) is 7.20. The standard InChI is InChI=1S/C21H23FN4/c1-14(2)9-12-26-13-25-19(15-3-5-16(22)6-4-15)20(26)17-7-10-23-21-18(17)8-11-24-21/h3,5-6,8,10-11,13-14,24H,4,7,9,12H2,1-2H3. The van der Waals surface area contributed by atoms with Crippen LogP contribution in [-0.4, -0.2) is 20.7 Å². The van der Waals surface area contributed by atoms with Gasteiger partial charge in [-0.15, -0.1) is 0 Å². The highest BCUT2D eigenvalue weighted by molar-refractivity contribution is 5.88. The number of halogens is 1. The number of imidazole rings is 1. The fraction of sp³-hybridized carbons (Fsp3) is 0.333. The predicted molar refractivity (Wildman–Crippen MR) is 103 cm³/mol. The van der Waals surface area contributed by atoms with Crippen molar-refractivity contribution >= 4 is 23.2 Å². The Morgan fingerprint density at radius 3 is 2.92 bits per heavy atom. The van der Waals surface area contributed by atoms with E-state index in [0.717, 1.165) is 47.0 Å². The highest BCUT2D eigenvalue weighted by Gasteiger charge is 2.17. The zero-order valence-electron chi connectivity index (χ0n) is 15.2. The van der Waals surface area contributed by atoms with E-state index in [1.807, 2.05) is 24.8 Å². The molecule has 26 heavy (non-hydrogen) atoms. The normalized spacial score (nSPS) is 20.5. The molecule has 0 amide bonds.